The van der Waals surface area contributed by atoms with Gasteiger partial charge in [0.1, 0.15) is 0 Å². The summed E-state index contributed by atoms with van der Waals surface area (Å²) < 4.78 is 88.8. The molecule has 0 bridgehead atoms. The highest BCUT2D eigenvalue weighted by Crippen LogP contribution is 2.51. The number of hydrogen-bond donors (Lipinski definition) is 0. The van der Waals surface area contributed by atoms with E-state index in [0.29, 0.717) is 6.42 Å². The van der Waals surface area contributed by atoms with Gasteiger partial charge in [-0.2, -0.15) is 30.7 Å². The Morgan fingerprint density at radius 3 is 1.65 bits per heavy atom. The van der Waals surface area contributed by atoms with E-state index in [2.05, 4.69) is 6.92 Å². The zero-order chi connectivity index (χ0) is 18.3. The van der Waals surface area contributed by atoms with Crippen LogP contribution in [0.4, 0.5) is 30.7 Å². The molecule has 23 heavy (non-hydrogen) atoms. The zero-order valence-corrected chi connectivity index (χ0v) is 15.5. The van der Waals surface area contributed by atoms with E-state index in [-0.39, 0.29) is 6.42 Å². The van der Waals surface area contributed by atoms with E-state index >= 15 is 0 Å². The van der Waals surface area contributed by atoms with E-state index in [1.807, 2.05) is 0 Å². The summed E-state index contributed by atoms with van der Waals surface area (Å²) in [7, 11) is 0. The molecule has 0 aliphatic heterocycles. The van der Waals surface area contributed by atoms with Gasteiger partial charge in [0.2, 0.25) is 0 Å². The third-order valence-electron chi connectivity index (χ3n) is 3.97. The summed E-state index contributed by atoms with van der Waals surface area (Å²) in [6.45, 7) is 2.84. The molecular formula is C15H24F7I. The van der Waals surface area contributed by atoms with Gasteiger partial charge in [-0.25, -0.2) is 0 Å². The van der Waals surface area contributed by atoms with Crippen LogP contribution in [0.2, 0.25) is 0 Å². The van der Waals surface area contributed by atoms with Gasteiger partial charge in [0.25, 0.3) is 0 Å². The van der Waals surface area contributed by atoms with Crippen LogP contribution in [0, 0.1) is 5.92 Å². The number of rotatable bonds is 11. The Bertz CT molecular complexity index is 328. The van der Waals surface area contributed by atoms with Gasteiger partial charge in [-0.3, -0.25) is 0 Å². The van der Waals surface area contributed by atoms with Crippen LogP contribution in [0.15, 0.2) is 0 Å². The first kappa shape index (κ1) is 23.2. The van der Waals surface area contributed by atoms with Crippen molar-refractivity contribution in [2.75, 3.05) is 0 Å². The van der Waals surface area contributed by atoms with Crippen LogP contribution in [-0.4, -0.2) is 21.9 Å². The highest BCUT2D eigenvalue weighted by Gasteiger charge is 2.74. The molecule has 140 valence electrons. The zero-order valence-electron chi connectivity index (χ0n) is 13.3. The maximum atomic E-state index is 13.6. The fraction of sp³-hybridized carbons (Fsp3) is 1.00. The molecule has 0 saturated carbocycles. The second-order valence-electron chi connectivity index (χ2n) is 5.91. The second-order valence-corrected chi connectivity index (χ2v) is 7.51. The topological polar surface area (TPSA) is 0 Å². The van der Waals surface area contributed by atoms with Crippen molar-refractivity contribution in [3.63, 3.8) is 0 Å². The molecule has 0 heterocycles. The standard InChI is InChI=1S/C15H24F7I/c1-3-4-5-6-7-8-9-10-12(23)11(2)13(16,17)14(18,19)15(20,21)22/h11-12H,3-10H2,1-2H3. The van der Waals surface area contributed by atoms with Gasteiger partial charge >= 0.3 is 18.0 Å². The van der Waals surface area contributed by atoms with Crippen LogP contribution in [0.3, 0.4) is 0 Å². The summed E-state index contributed by atoms with van der Waals surface area (Å²) in [6.07, 6.45) is 0.565. The Morgan fingerprint density at radius 2 is 1.22 bits per heavy atom. The van der Waals surface area contributed by atoms with Crippen LogP contribution in [0.5, 0.6) is 0 Å². The minimum atomic E-state index is -6.25. The molecule has 0 rings (SSSR count). The van der Waals surface area contributed by atoms with E-state index < -0.39 is 27.9 Å². The summed E-state index contributed by atoms with van der Waals surface area (Å²) in [6, 6.07) is 0. The summed E-state index contributed by atoms with van der Waals surface area (Å²) in [4.78, 5) is 0. The number of unbranched alkanes of at least 4 members (excludes halogenated alkanes) is 6. The molecule has 0 amide bonds. The molecular weight excluding hydrogens is 440 g/mol. The van der Waals surface area contributed by atoms with Crippen LogP contribution < -0.4 is 0 Å². The Morgan fingerprint density at radius 1 is 0.783 bits per heavy atom. The molecule has 2 unspecified atom stereocenters. The molecule has 0 aliphatic carbocycles. The third-order valence-corrected chi connectivity index (χ3v) is 5.67. The molecule has 0 N–H and O–H groups in total. The average Bonchev–Trinajstić information content (AvgIpc) is 2.43. The number of hydrogen-bond acceptors (Lipinski definition) is 0. The maximum Gasteiger partial charge on any atom is 0.459 e. The van der Waals surface area contributed by atoms with E-state index in [9.17, 15) is 30.7 Å². The molecule has 0 spiro atoms. The number of halogens is 8. The minimum absolute atomic E-state index is 0.207. The lowest BCUT2D eigenvalue weighted by Gasteiger charge is -2.34. The smallest absolute Gasteiger partial charge is 0.199 e. The second kappa shape index (κ2) is 9.65. The molecule has 0 aromatic carbocycles. The van der Waals surface area contributed by atoms with Crippen LogP contribution in [0.1, 0.15) is 65.2 Å². The van der Waals surface area contributed by atoms with Gasteiger partial charge in [-0.1, -0.05) is 81.4 Å². The lowest BCUT2D eigenvalue weighted by Crippen LogP contribution is -2.56. The summed E-state index contributed by atoms with van der Waals surface area (Å²) in [5, 5.41) is 0. The first-order chi connectivity index (χ1) is 10.4. The molecule has 2 atom stereocenters. The lowest BCUT2D eigenvalue weighted by atomic mass is 9.91. The van der Waals surface area contributed by atoms with Gasteiger partial charge < -0.3 is 0 Å². The fourth-order valence-electron chi connectivity index (χ4n) is 2.25. The molecule has 8 heteroatoms. The third kappa shape index (κ3) is 6.57. The lowest BCUT2D eigenvalue weighted by molar-refractivity contribution is -0.364. The quantitative estimate of drug-likeness (QED) is 0.129. The van der Waals surface area contributed by atoms with Crippen molar-refractivity contribution in [1.82, 2.24) is 0 Å². The van der Waals surface area contributed by atoms with Crippen molar-refractivity contribution in [1.29, 1.82) is 0 Å². The minimum Gasteiger partial charge on any atom is -0.199 e. The first-order valence-corrected chi connectivity index (χ1v) is 9.10. The van der Waals surface area contributed by atoms with Crippen LogP contribution in [0.25, 0.3) is 0 Å². The fourth-order valence-corrected chi connectivity index (χ4v) is 3.14. The largest absolute Gasteiger partial charge is 0.459 e. The average molecular weight is 464 g/mol. The van der Waals surface area contributed by atoms with Crippen molar-refractivity contribution in [2.24, 2.45) is 5.92 Å². The summed E-state index contributed by atoms with van der Waals surface area (Å²) in [5.41, 5.74) is 0. The normalized spacial score (nSPS) is 16.4. The van der Waals surface area contributed by atoms with Gasteiger partial charge in [0, 0.05) is 9.84 Å². The summed E-state index contributed by atoms with van der Waals surface area (Å²) in [5.74, 6) is -13.2. The SMILES string of the molecule is CCCCCCCCCC(I)C(C)C(F)(F)C(F)(F)C(F)(F)F. The van der Waals surface area contributed by atoms with Crippen molar-refractivity contribution >= 4 is 22.6 Å². The molecule has 0 aromatic heterocycles. The molecule has 0 radical (unpaired) electrons. The Kier molecular flexibility index (Phi) is 9.75. The Labute approximate surface area is 146 Å². The van der Waals surface area contributed by atoms with Crippen molar-refractivity contribution in [2.45, 2.75) is 87.2 Å². The van der Waals surface area contributed by atoms with E-state index in [4.69, 9.17) is 0 Å². The molecule has 0 fully saturated rings. The van der Waals surface area contributed by atoms with Crippen LogP contribution >= 0.6 is 22.6 Å². The van der Waals surface area contributed by atoms with Gasteiger partial charge in [-0.05, 0) is 6.42 Å². The van der Waals surface area contributed by atoms with E-state index in [1.165, 1.54) is 0 Å². The predicted molar refractivity (Wildman–Crippen MR) is 85.5 cm³/mol. The van der Waals surface area contributed by atoms with Gasteiger partial charge in [-0.15, -0.1) is 0 Å². The van der Waals surface area contributed by atoms with E-state index in [0.717, 1.165) is 45.4 Å². The Hall–Kier alpha value is 0.240. The highest BCUT2D eigenvalue weighted by molar-refractivity contribution is 14.1. The molecule has 0 saturated heterocycles. The molecule has 0 aliphatic rings. The monoisotopic (exact) mass is 464 g/mol. The molecule has 0 nitrogen and oxygen atoms in total. The maximum absolute atomic E-state index is 13.6. The van der Waals surface area contributed by atoms with Crippen molar-refractivity contribution < 1.29 is 30.7 Å². The van der Waals surface area contributed by atoms with E-state index in [1.54, 1.807) is 22.6 Å². The Balaban J connectivity index is 4.39. The summed E-state index contributed by atoms with van der Waals surface area (Å²) >= 11 is 1.55. The first-order valence-electron chi connectivity index (χ1n) is 7.86. The van der Waals surface area contributed by atoms with Gasteiger partial charge in [0.05, 0.1) is 0 Å². The van der Waals surface area contributed by atoms with Gasteiger partial charge in [0.15, 0.2) is 0 Å². The van der Waals surface area contributed by atoms with Crippen LogP contribution in [-0.2, 0) is 0 Å². The molecule has 0 aromatic rings. The highest BCUT2D eigenvalue weighted by atomic mass is 127. The number of alkyl halides is 8. The van der Waals surface area contributed by atoms with Crippen molar-refractivity contribution in [3.05, 3.63) is 0 Å². The predicted octanol–water partition coefficient (Wildman–Crippen LogP) is 7.40. The van der Waals surface area contributed by atoms with Crippen molar-refractivity contribution in [3.8, 4) is 0 Å².